The van der Waals surface area contributed by atoms with Gasteiger partial charge < -0.3 is 10.6 Å². The third-order valence-corrected chi connectivity index (χ3v) is 3.94. The Labute approximate surface area is 124 Å². The molecule has 3 nitrogen and oxygen atoms in total. The molecule has 102 valence electrons. The van der Waals surface area contributed by atoms with Crippen LogP contribution in [0.4, 0.5) is 5.82 Å². The smallest absolute Gasteiger partial charge is 0.129 e. The topological polar surface area (TPSA) is 42.1 Å². The van der Waals surface area contributed by atoms with Crippen molar-refractivity contribution < 1.29 is 0 Å². The maximum absolute atomic E-state index is 5.70. The second-order valence-electron chi connectivity index (χ2n) is 5.06. The molecule has 0 amide bonds. The summed E-state index contributed by atoms with van der Waals surface area (Å²) in [7, 11) is 0. The fourth-order valence-corrected chi connectivity index (χ4v) is 2.77. The second kappa shape index (κ2) is 5.59. The monoisotopic (exact) mass is 283 g/mol. The molecule has 2 aromatic rings. The van der Waals surface area contributed by atoms with E-state index in [0.29, 0.717) is 4.99 Å². The summed E-state index contributed by atoms with van der Waals surface area (Å²) in [5.41, 5.74) is 9.41. The number of thiocarbonyl (C=S) groups is 1. The Kier molecular flexibility index (Phi) is 3.65. The predicted octanol–water partition coefficient (Wildman–Crippen LogP) is 2.67. The Morgan fingerprint density at radius 2 is 2.00 bits per heavy atom. The lowest BCUT2D eigenvalue weighted by atomic mass is 10.0. The Morgan fingerprint density at radius 1 is 1.20 bits per heavy atom. The van der Waals surface area contributed by atoms with Crippen LogP contribution < -0.4 is 10.6 Å². The predicted molar refractivity (Wildman–Crippen MR) is 85.9 cm³/mol. The van der Waals surface area contributed by atoms with Crippen molar-refractivity contribution in [2.75, 3.05) is 11.4 Å². The first-order valence-corrected chi connectivity index (χ1v) is 7.22. The lowest BCUT2D eigenvalue weighted by molar-refractivity contribution is 0.754. The molecule has 0 fully saturated rings. The number of hydrogen-bond donors (Lipinski definition) is 1. The maximum atomic E-state index is 5.70. The van der Waals surface area contributed by atoms with Crippen LogP contribution in [0, 0.1) is 0 Å². The summed E-state index contributed by atoms with van der Waals surface area (Å²) in [6, 6.07) is 12.5. The average molecular weight is 283 g/mol. The Hall–Kier alpha value is -1.94. The summed E-state index contributed by atoms with van der Waals surface area (Å²) in [4.78, 5) is 7.19. The van der Waals surface area contributed by atoms with Gasteiger partial charge in [-0.25, -0.2) is 4.98 Å². The Bertz CT molecular complexity index is 639. The summed E-state index contributed by atoms with van der Waals surface area (Å²) in [6.07, 6.45) is 4.04. The van der Waals surface area contributed by atoms with Gasteiger partial charge in [0.2, 0.25) is 0 Å². The summed E-state index contributed by atoms with van der Waals surface area (Å²) in [5.74, 6) is 0.951. The highest BCUT2D eigenvalue weighted by Gasteiger charge is 2.15. The average Bonchev–Trinajstić information content (AvgIpc) is 2.69. The molecule has 1 aliphatic heterocycles. The molecule has 0 spiro atoms. The molecular weight excluding hydrogens is 266 g/mol. The zero-order chi connectivity index (χ0) is 13.9. The van der Waals surface area contributed by atoms with Crippen molar-refractivity contribution in [1.82, 2.24) is 4.98 Å². The quantitative estimate of drug-likeness (QED) is 0.861. The van der Waals surface area contributed by atoms with Crippen molar-refractivity contribution in [3.63, 3.8) is 0 Å². The van der Waals surface area contributed by atoms with E-state index in [1.165, 1.54) is 11.1 Å². The molecule has 2 N–H and O–H groups in total. The summed E-state index contributed by atoms with van der Waals surface area (Å²) < 4.78 is 0. The third kappa shape index (κ3) is 2.65. The molecule has 0 unspecified atom stereocenters. The zero-order valence-electron chi connectivity index (χ0n) is 11.2. The van der Waals surface area contributed by atoms with Crippen LogP contribution in [0.1, 0.15) is 23.1 Å². The lowest BCUT2D eigenvalue weighted by Gasteiger charge is -2.22. The first-order chi connectivity index (χ1) is 9.74. The second-order valence-corrected chi connectivity index (χ2v) is 5.50. The fourth-order valence-electron chi connectivity index (χ4n) is 2.64. The van der Waals surface area contributed by atoms with E-state index in [4.69, 9.17) is 18.0 Å². The highest BCUT2D eigenvalue weighted by atomic mass is 32.1. The molecular formula is C16H17N3S. The van der Waals surface area contributed by atoms with Gasteiger partial charge >= 0.3 is 0 Å². The molecule has 2 heterocycles. The zero-order valence-corrected chi connectivity index (χ0v) is 12.1. The first-order valence-electron chi connectivity index (χ1n) is 6.81. The van der Waals surface area contributed by atoms with E-state index in [2.05, 4.69) is 34.1 Å². The summed E-state index contributed by atoms with van der Waals surface area (Å²) in [5, 5.41) is 0. The van der Waals surface area contributed by atoms with Crippen molar-refractivity contribution in [2.24, 2.45) is 5.73 Å². The number of fused-ring (bicyclic) bond motifs is 1. The standard InChI is InChI=1S/C16H17N3S/c17-16(20)13-7-8-18-15(10-13)19-9-3-6-12-4-1-2-5-14(12)11-19/h1-2,4-5,7-8,10H,3,6,9,11H2,(H2,17,20). The minimum atomic E-state index is 0.420. The van der Waals surface area contributed by atoms with E-state index in [-0.39, 0.29) is 0 Å². The molecule has 1 aliphatic rings. The van der Waals surface area contributed by atoms with E-state index >= 15 is 0 Å². The van der Waals surface area contributed by atoms with Gasteiger partial charge in [-0.15, -0.1) is 0 Å². The third-order valence-electron chi connectivity index (χ3n) is 3.71. The summed E-state index contributed by atoms with van der Waals surface area (Å²) in [6.45, 7) is 1.90. The molecule has 0 aliphatic carbocycles. The minimum absolute atomic E-state index is 0.420. The van der Waals surface area contributed by atoms with Crippen LogP contribution in [0.15, 0.2) is 42.6 Å². The number of aromatic nitrogens is 1. The Morgan fingerprint density at radius 3 is 2.80 bits per heavy atom. The van der Waals surface area contributed by atoms with Crippen molar-refractivity contribution >= 4 is 23.0 Å². The van der Waals surface area contributed by atoms with Crippen LogP contribution in [-0.4, -0.2) is 16.5 Å². The van der Waals surface area contributed by atoms with Gasteiger partial charge in [0, 0.05) is 24.8 Å². The summed E-state index contributed by atoms with van der Waals surface area (Å²) >= 11 is 5.04. The van der Waals surface area contributed by atoms with Gasteiger partial charge in [-0.05, 0) is 36.1 Å². The number of nitrogens with two attached hydrogens (primary N) is 1. The number of benzene rings is 1. The van der Waals surface area contributed by atoms with Crippen molar-refractivity contribution in [3.05, 3.63) is 59.3 Å². The molecule has 3 rings (SSSR count). The van der Waals surface area contributed by atoms with Crippen LogP contribution in [0.25, 0.3) is 0 Å². The van der Waals surface area contributed by atoms with E-state index in [9.17, 15) is 0 Å². The molecule has 0 radical (unpaired) electrons. The van der Waals surface area contributed by atoms with E-state index in [1.807, 2.05) is 12.1 Å². The van der Waals surface area contributed by atoms with Crippen LogP contribution in [-0.2, 0) is 13.0 Å². The van der Waals surface area contributed by atoms with Gasteiger partial charge in [-0.1, -0.05) is 36.5 Å². The number of anilines is 1. The molecule has 0 saturated carbocycles. The first kappa shape index (κ1) is 13.1. The number of rotatable bonds is 2. The maximum Gasteiger partial charge on any atom is 0.129 e. The SMILES string of the molecule is NC(=S)c1ccnc(N2CCCc3ccccc3C2)c1. The number of pyridine rings is 1. The van der Waals surface area contributed by atoms with Crippen molar-refractivity contribution in [2.45, 2.75) is 19.4 Å². The number of hydrogen-bond acceptors (Lipinski definition) is 3. The molecule has 0 bridgehead atoms. The largest absolute Gasteiger partial charge is 0.389 e. The van der Waals surface area contributed by atoms with Crippen LogP contribution in [0.2, 0.25) is 0 Å². The van der Waals surface area contributed by atoms with Gasteiger partial charge in [0.25, 0.3) is 0 Å². The van der Waals surface area contributed by atoms with Crippen LogP contribution in [0.3, 0.4) is 0 Å². The van der Waals surface area contributed by atoms with Crippen molar-refractivity contribution in [3.8, 4) is 0 Å². The number of nitrogens with zero attached hydrogens (tertiary/aromatic N) is 2. The molecule has 20 heavy (non-hydrogen) atoms. The lowest BCUT2D eigenvalue weighted by Crippen LogP contribution is -2.24. The van der Waals surface area contributed by atoms with Crippen LogP contribution >= 0.6 is 12.2 Å². The van der Waals surface area contributed by atoms with E-state index < -0.39 is 0 Å². The molecule has 0 saturated heterocycles. The van der Waals surface area contributed by atoms with Crippen LogP contribution in [0.5, 0.6) is 0 Å². The minimum Gasteiger partial charge on any atom is -0.389 e. The fraction of sp³-hybridized carbons (Fsp3) is 0.250. The number of aryl methyl sites for hydroxylation is 1. The molecule has 1 aromatic heterocycles. The van der Waals surface area contributed by atoms with E-state index in [0.717, 1.165) is 37.3 Å². The normalized spacial score (nSPS) is 14.5. The molecule has 4 heteroatoms. The Balaban J connectivity index is 1.91. The molecule has 1 aromatic carbocycles. The van der Waals surface area contributed by atoms with Gasteiger partial charge in [0.15, 0.2) is 0 Å². The highest BCUT2D eigenvalue weighted by Crippen LogP contribution is 2.22. The highest BCUT2D eigenvalue weighted by molar-refractivity contribution is 7.80. The van der Waals surface area contributed by atoms with Crippen molar-refractivity contribution in [1.29, 1.82) is 0 Å². The van der Waals surface area contributed by atoms with Gasteiger partial charge in [-0.2, -0.15) is 0 Å². The van der Waals surface area contributed by atoms with Gasteiger partial charge in [0.05, 0.1) is 0 Å². The van der Waals surface area contributed by atoms with Gasteiger partial charge in [0.1, 0.15) is 10.8 Å². The van der Waals surface area contributed by atoms with Gasteiger partial charge in [-0.3, -0.25) is 0 Å². The van der Waals surface area contributed by atoms with E-state index in [1.54, 1.807) is 6.20 Å². The molecule has 0 atom stereocenters.